The second kappa shape index (κ2) is 4.41. The molecule has 0 bridgehead atoms. The van der Waals surface area contributed by atoms with Crippen molar-refractivity contribution in [1.82, 2.24) is 14.5 Å². The molecule has 0 unspecified atom stereocenters. The van der Waals surface area contributed by atoms with Gasteiger partial charge in [-0.2, -0.15) is 0 Å². The van der Waals surface area contributed by atoms with Crippen LogP contribution in [-0.4, -0.2) is 19.5 Å². The summed E-state index contributed by atoms with van der Waals surface area (Å²) in [5.41, 5.74) is 0.0212. The van der Waals surface area contributed by atoms with E-state index in [0.29, 0.717) is 11.1 Å². The quantitative estimate of drug-likeness (QED) is 0.625. The molecule has 0 amide bonds. The molecule has 92 valence electrons. The van der Waals surface area contributed by atoms with Crippen LogP contribution in [0.15, 0.2) is 40.9 Å². The molecule has 3 rings (SSSR count). The summed E-state index contributed by atoms with van der Waals surface area (Å²) in [6.07, 6.45) is 7.48. The van der Waals surface area contributed by atoms with Gasteiger partial charge < -0.3 is 4.57 Å². The third-order valence-electron chi connectivity index (χ3n) is 2.71. The normalized spacial score (nSPS) is 14.7. The molecule has 0 aliphatic heterocycles. The van der Waals surface area contributed by atoms with E-state index in [1.165, 1.54) is 17.8 Å². The van der Waals surface area contributed by atoms with Crippen LogP contribution in [0, 0.1) is 10.1 Å². The zero-order valence-corrected chi connectivity index (χ0v) is 10.2. The molecule has 0 radical (unpaired) electrons. The van der Waals surface area contributed by atoms with E-state index < -0.39 is 4.92 Å². The van der Waals surface area contributed by atoms with Gasteiger partial charge in [-0.1, -0.05) is 0 Å². The van der Waals surface area contributed by atoms with Crippen molar-refractivity contribution in [2.24, 2.45) is 0 Å². The number of pyridine rings is 1. The number of aromatic nitrogens is 3. The van der Waals surface area contributed by atoms with Gasteiger partial charge in [0.2, 0.25) is 0 Å². The van der Waals surface area contributed by atoms with Gasteiger partial charge in [0, 0.05) is 30.7 Å². The topological polar surface area (TPSA) is 73.8 Å². The van der Waals surface area contributed by atoms with E-state index in [0.717, 1.165) is 18.0 Å². The van der Waals surface area contributed by atoms with Crippen LogP contribution < -0.4 is 0 Å². The summed E-state index contributed by atoms with van der Waals surface area (Å²) in [5, 5.41) is 12.1. The zero-order chi connectivity index (χ0) is 12.5. The van der Waals surface area contributed by atoms with Gasteiger partial charge in [-0.15, -0.1) is 0 Å². The first-order valence-corrected chi connectivity index (χ1v) is 6.37. The molecule has 1 fully saturated rings. The van der Waals surface area contributed by atoms with Gasteiger partial charge in [0.25, 0.3) is 0 Å². The van der Waals surface area contributed by atoms with Gasteiger partial charge in [-0.3, -0.25) is 10.1 Å². The van der Waals surface area contributed by atoms with Crippen molar-refractivity contribution in [2.45, 2.75) is 29.1 Å². The molecule has 6 nitrogen and oxygen atoms in total. The monoisotopic (exact) mass is 262 g/mol. The first-order valence-electron chi connectivity index (χ1n) is 5.56. The summed E-state index contributed by atoms with van der Waals surface area (Å²) in [6.45, 7) is 0. The Morgan fingerprint density at radius 1 is 1.39 bits per heavy atom. The van der Waals surface area contributed by atoms with E-state index in [4.69, 9.17) is 0 Å². The van der Waals surface area contributed by atoms with Crippen LogP contribution in [-0.2, 0) is 0 Å². The van der Waals surface area contributed by atoms with Gasteiger partial charge in [-0.25, -0.2) is 9.97 Å². The Kier molecular flexibility index (Phi) is 2.75. The van der Waals surface area contributed by atoms with Gasteiger partial charge in [0.15, 0.2) is 10.2 Å². The molecule has 1 saturated carbocycles. The van der Waals surface area contributed by atoms with Crippen molar-refractivity contribution < 1.29 is 4.92 Å². The van der Waals surface area contributed by atoms with E-state index >= 15 is 0 Å². The first kappa shape index (κ1) is 11.2. The average molecular weight is 262 g/mol. The Morgan fingerprint density at radius 2 is 2.22 bits per heavy atom. The van der Waals surface area contributed by atoms with Crippen LogP contribution in [0.3, 0.4) is 0 Å². The van der Waals surface area contributed by atoms with Crippen LogP contribution >= 0.6 is 11.8 Å². The van der Waals surface area contributed by atoms with Crippen LogP contribution in [0.4, 0.5) is 5.69 Å². The van der Waals surface area contributed by atoms with Crippen molar-refractivity contribution in [1.29, 1.82) is 0 Å². The fraction of sp³-hybridized carbons (Fsp3) is 0.273. The van der Waals surface area contributed by atoms with Crippen molar-refractivity contribution in [2.75, 3.05) is 0 Å². The highest BCUT2D eigenvalue weighted by Gasteiger charge is 2.27. The van der Waals surface area contributed by atoms with Crippen molar-refractivity contribution in [3.05, 3.63) is 40.8 Å². The second-order valence-electron chi connectivity index (χ2n) is 4.04. The molecule has 0 N–H and O–H groups in total. The van der Waals surface area contributed by atoms with Crippen LogP contribution in [0.1, 0.15) is 18.9 Å². The molecule has 0 aromatic carbocycles. The predicted molar refractivity (Wildman–Crippen MR) is 65.5 cm³/mol. The predicted octanol–water partition coefficient (Wildman–Crippen LogP) is 2.67. The van der Waals surface area contributed by atoms with E-state index in [1.807, 2.05) is 6.20 Å². The summed E-state index contributed by atoms with van der Waals surface area (Å²) in [7, 11) is 0. The van der Waals surface area contributed by atoms with E-state index in [1.54, 1.807) is 18.5 Å². The Morgan fingerprint density at radius 3 is 2.94 bits per heavy atom. The number of imidazole rings is 1. The second-order valence-corrected chi connectivity index (χ2v) is 4.99. The standard InChI is InChI=1S/C11H10N4O2S/c16-15(17)9-2-1-5-12-10(9)18-11-13-6-7-14(11)8-3-4-8/h1-2,5-8H,3-4H2. The van der Waals surface area contributed by atoms with Gasteiger partial charge in [-0.05, 0) is 30.7 Å². The van der Waals surface area contributed by atoms with Gasteiger partial charge in [0.1, 0.15) is 0 Å². The maximum atomic E-state index is 10.9. The van der Waals surface area contributed by atoms with Crippen LogP contribution in [0.2, 0.25) is 0 Å². The van der Waals surface area contributed by atoms with Gasteiger partial charge >= 0.3 is 5.69 Å². The Balaban J connectivity index is 1.92. The summed E-state index contributed by atoms with van der Waals surface area (Å²) in [5.74, 6) is 0. The van der Waals surface area contributed by atoms with Crippen LogP contribution in [0.5, 0.6) is 0 Å². The summed E-state index contributed by atoms with van der Waals surface area (Å²) in [6, 6.07) is 3.52. The van der Waals surface area contributed by atoms with Crippen molar-refractivity contribution in [3.63, 3.8) is 0 Å². The summed E-state index contributed by atoms with van der Waals surface area (Å²) >= 11 is 1.24. The molecule has 1 aliphatic carbocycles. The highest BCUT2D eigenvalue weighted by atomic mass is 32.2. The third-order valence-corrected chi connectivity index (χ3v) is 3.72. The lowest BCUT2D eigenvalue weighted by molar-refractivity contribution is -0.388. The number of hydrogen-bond acceptors (Lipinski definition) is 5. The molecular formula is C11H10N4O2S. The SMILES string of the molecule is O=[N+]([O-])c1cccnc1Sc1nccn1C1CC1. The smallest absolute Gasteiger partial charge is 0.301 e. The minimum atomic E-state index is -0.417. The lowest BCUT2D eigenvalue weighted by Gasteiger charge is -2.04. The Hall–Kier alpha value is -1.89. The number of hydrogen-bond donors (Lipinski definition) is 0. The molecule has 1 aliphatic rings. The third kappa shape index (κ3) is 2.08. The number of nitro groups is 1. The molecule has 2 heterocycles. The minimum absolute atomic E-state index is 0.0212. The molecule has 0 saturated heterocycles. The Bertz CT molecular complexity index is 594. The van der Waals surface area contributed by atoms with Crippen molar-refractivity contribution >= 4 is 17.4 Å². The highest BCUT2D eigenvalue weighted by molar-refractivity contribution is 7.99. The number of rotatable bonds is 4. The maximum Gasteiger partial charge on any atom is 0.301 e. The molecule has 0 spiro atoms. The summed E-state index contributed by atoms with van der Waals surface area (Å²) < 4.78 is 2.06. The largest absolute Gasteiger partial charge is 0.323 e. The zero-order valence-electron chi connectivity index (χ0n) is 9.39. The molecule has 2 aromatic heterocycles. The summed E-state index contributed by atoms with van der Waals surface area (Å²) in [4.78, 5) is 18.8. The average Bonchev–Trinajstić information content (AvgIpc) is 3.11. The minimum Gasteiger partial charge on any atom is -0.323 e. The molecular weight excluding hydrogens is 252 g/mol. The fourth-order valence-electron chi connectivity index (χ4n) is 1.70. The van der Waals surface area contributed by atoms with E-state index in [-0.39, 0.29) is 5.69 Å². The molecule has 2 aromatic rings. The molecule has 7 heteroatoms. The number of nitrogens with zero attached hydrogens (tertiary/aromatic N) is 4. The fourth-order valence-corrected chi connectivity index (χ4v) is 2.66. The first-order chi connectivity index (χ1) is 8.75. The van der Waals surface area contributed by atoms with Crippen molar-refractivity contribution in [3.8, 4) is 0 Å². The van der Waals surface area contributed by atoms with Gasteiger partial charge in [0.05, 0.1) is 4.92 Å². The van der Waals surface area contributed by atoms with E-state index in [9.17, 15) is 10.1 Å². The van der Waals surface area contributed by atoms with Crippen LogP contribution in [0.25, 0.3) is 0 Å². The Labute approximate surface area is 107 Å². The lowest BCUT2D eigenvalue weighted by Crippen LogP contribution is -1.97. The lowest BCUT2D eigenvalue weighted by atomic mass is 10.4. The molecule has 0 atom stereocenters. The highest BCUT2D eigenvalue weighted by Crippen LogP contribution is 2.40. The molecule has 18 heavy (non-hydrogen) atoms. The maximum absolute atomic E-state index is 10.9. The van der Waals surface area contributed by atoms with E-state index in [2.05, 4.69) is 14.5 Å².